The van der Waals surface area contributed by atoms with Crippen molar-refractivity contribution >= 4 is 20.9 Å². The fourth-order valence-corrected chi connectivity index (χ4v) is 2.01. The van der Waals surface area contributed by atoms with E-state index in [0.29, 0.717) is 10.8 Å². The van der Waals surface area contributed by atoms with Crippen LogP contribution in [0, 0.1) is 0 Å². The Labute approximate surface area is 92.7 Å². The molecule has 0 amide bonds. The van der Waals surface area contributed by atoms with Crippen molar-refractivity contribution in [3.8, 4) is 5.75 Å². The smallest absolute Gasteiger partial charge is 0.298 e. The Morgan fingerprint density at radius 2 is 1.50 bits per heavy atom. The van der Waals surface area contributed by atoms with Gasteiger partial charge in [-0.05, 0) is 22.9 Å². The van der Waals surface area contributed by atoms with Gasteiger partial charge in [0.25, 0.3) is 10.1 Å². The predicted octanol–water partition coefficient (Wildman–Crippen LogP) is 1.95. The lowest BCUT2D eigenvalue weighted by Crippen LogP contribution is -1.98. The Bertz CT molecular complexity index is 622. The van der Waals surface area contributed by atoms with Gasteiger partial charge < -0.3 is 11.3 Å². The van der Waals surface area contributed by atoms with Crippen LogP contribution in [-0.4, -0.2) is 18.1 Å². The number of benzene rings is 2. The summed E-state index contributed by atoms with van der Waals surface area (Å²) in [7, 11) is -4.37. The van der Waals surface area contributed by atoms with Crippen molar-refractivity contribution in [2.45, 2.75) is 4.90 Å². The van der Waals surface area contributed by atoms with Crippen LogP contribution in [0.2, 0.25) is 0 Å². The van der Waals surface area contributed by atoms with Crippen LogP contribution in [-0.2, 0) is 10.1 Å². The van der Waals surface area contributed by atoms with Crippen LogP contribution in [0.25, 0.3) is 10.8 Å². The Morgan fingerprint density at radius 3 is 2.00 bits per heavy atom. The second kappa shape index (κ2) is 4.09. The zero-order valence-electron chi connectivity index (χ0n) is 8.29. The minimum Gasteiger partial charge on any atom is -0.506 e. The Balaban J connectivity index is 0.00000128. The van der Waals surface area contributed by atoms with E-state index in [1.165, 1.54) is 12.1 Å². The molecule has 0 spiro atoms. The number of hydrogen-bond acceptors (Lipinski definition) is 4. The van der Waals surface area contributed by atoms with Crippen LogP contribution in [0.15, 0.2) is 41.3 Å². The molecule has 0 fully saturated rings. The molecule has 0 bridgehead atoms. The van der Waals surface area contributed by atoms with E-state index in [2.05, 4.69) is 0 Å². The summed E-state index contributed by atoms with van der Waals surface area (Å²) in [5, 5.41) is 10.8. The molecule has 0 aliphatic rings. The average Bonchev–Trinajstić information content (AvgIpc) is 2.15. The van der Waals surface area contributed by atoms with Gasteiger partial charge in [0.1, 0.15) is 10.6 Å². The maximum absolute atomic E-state index is 10.9. The second-order valence-corrected chi connectivity index (χ2v) is 4.53. The SMILES string of the molecule is N.O=S(=O)(O)c1cc2ccccc2cc1O. The van der Waals surface area contributed by atoms with Crippen LogP contribution in [0.3, 0.4) is 0 Å². The topological polar surface area (TPSA) is 110 Å². The van der Waals surface area contributed by atoms with E-state index < -0.39 is 20.8 Å². The van der Waals surface area contributed by atoms with Crippen molar-refractivity contribution in [3.05, 3.63) is 36.4 Å². The van der Waals surface area contributed by atoms with Gasteiger partial charge in [0.15, 0.2) is 0 Å². The van der Waals surface area contributed by atoms with Gasteiger partial charge in [-0.15, -0.1) is 0 Å². The van der Waals surface area contributed by atoms with Gasteiger partial charge in [-0.2, -0.15) is 8.42 Å². The van der Waals surface area contributed by atoms with Gasteiger partial charge in [-0.25, -0.2) is 0 Å². The summed E-state index contributed by atoms with van der Waals surface area (Å²) in [4.78, 5) is -0.471. The number of fused-ring (bicyclic) bond motifs is 1. The molecule has 6 heteroatoms. The quantitative estimate of drug-likeness (QED) is 0.661. The van der Waals surface area contributed by atoms with E-state index in [4.69, 9.17) is 4.55 Å². The second-order valence-electron chi connectivity index (χ2n) is 3.14. The first-order valence-corrected chi connectivity index (χ1v) is 5.62. The predicted molar refractivity (Wildman–Crippen MR) is 60.4 cm³/mol. The van der Waals surface area contributed by atoms with Crippen molar-refractivity contribution in [1.29, 1.82) is 0 Å². The van der Waals surface area contributed by atoms with E-state index in [0.717, 1.165) is 0 Å². The van der Waals surface area contributed by atoms with Gasteiger partial charge in [0, 0.05) is 0 Å². The van der Waals surface area contributed by atoms with E-state index in [-0.39, 0.29) is 6.15 Å². The summed E-state index contributed by atoms with van der Waals surface area (Å²) in [5.74, 6) is -0.448. The summed E-state index contributed by atoms with van der Waals surface area (Å²) >= 11 is 0. The number of rotatable bonds is 1. The minimum absolute atomic E-state index is 0. The molecular formula is C10H11NO4S. The third-order valence-electron chi connectivity index (χ3n) is 2.11. The standard InChI is InChI=1S/C10H8O4S.H3N/c11-9-5-7-3-1-2-4-8(7)6-10(9)15(12,13)14;/h1-6,11H,(H,12,13,14);1H3. The molecule has 16 heavy (non-hydrogen) atoms. The highest BCUT2D eigenvalue weighted by atomic mass is 32.2. The van der Waals surface area contributed by atoms with Crippen LogP contribution in [0.5, 0.6) is 5.75 Å². The molecule has 0 unspecified atom stereocenters. The van der Waals surface area contributed by atoms with E-state index in [1.807, 2.05) is 0 Å². The maximum atomic E-state index is 10.9. The van der Waals surface area contributed by atoms with Crippen molar-refractivity contribution in [2.24, 2.45) is 0 Å². The first-order chi connectivity index (χ1) is 6.98. The summed E-state index contributed by atoms with van der Waals surface area (Å²) < 4.78 is 30.6. The molecule has 0 aliphatic heterocycles. The van der Waals surface area contributed by atoms with Crippen molar-refractivity contribution in [3.63, 3.8) is 0 Å². The molecule has 0 radical (unpaired) electrons. The Morgan fingerprint density at radius 1 is 1.00 bits per heavy atom. The highest BCUT2D eigenvalue weighted by Gasteiger charge is 2.15. The lowest BCUT2D eigenvalue weighted by atomic mass is 10.1. The van der Waals surface area contributed by atoms with Gasteiger partial charge in [0.2, 0.25) is 0 Å². The summed E-state index contributed by atoms with van der Waals surface area (Å²) in [6, 6.07) is 9.49. The summed E-state index contributed by atoms with van der Waals surface area (Å²) in [5.41, 5.74) is 0. The van der Waals surface area contributed by atoms with Gasteiger partial charge in [-0.1, -0.05) is 24.3 Å². The molecule has 5 nitrogen and oxygen atoms in total. The van der Waals surface area contributed by atoms with Gasteiger partial charge in [-0.3, -0.25) is 4.55 Å². The van der Waals surface area contributed by atoms with Crippen LogP contribution < -0.4 is 6.15 Å². The van der Waals surface area contributed by atoms with E-state index in [1.54, 1.807) is 24.3 Å². The number of hydrogen-bond donors (Lipinski definition) is 3. The largest absolute Gasteiger partial charge is 0.506 e. The van der Waals surface area contributed by atoms with Gasteiger partial charge in [0.05, 0.1) is 0 Å². The van der Waals surface area contributed by atoms with E-state index >= 15 is 0 Å². The zero-order valence-corrected chi connectivity index (χ0v) is 9.11. The first-order valence-electron chi connectivity index (χ1n) is 4.18. The monoisotopic (exact) mass is 241 g/mol. The molecule has 2 aromatic rings. The summed E-state index contributed by atoms with van der Waals surface area (Å²) in [6.45, 7) is 0. The van der Waals surface area contributed by atoms with Crippen molar-refractivity contribution in [2.75, 3.05) is 0 Å². The molecule has 0 aromatic heterocycles. The van der Waals surface area contributed by atoms with Crippen LogP contribution in [0.1, 0.15) is 0 Å². The highest BCUT2D eigenvalue weighted by molar-refractivity contribution is 7.86. The molecule has 0 atom stereocenters. The lowest BCUT2D eigenvalue weighted by molar-refractivity contribution is 0.444. The van der Waals surface area contributed by atoms with E-state index in [9.17, 15) is 13.5 Å². The molecule has 0 saturated carbocycles. The van der Waals surface area contributed by atoms with Crippen molar-refractivity contribution in [1.82, 2.24) is 6.15 Å². The third-order valence-corrected chi connectivity index (χ3v) is 2.99. The fourth-order valence-electron chi connectivity index (χ4n) is 1.41. The van der Waals surface area contributed by atoms with Crippen LogP contribution in [0.4, 0.5) is 0 Å². The summed E-state index contributed by atoms with van der Waals surface area (Å²) in [6.07, 6.45) is 0. The van der Waals surface area contributed by atoms with Crippen LogP contribution >= 0.6 is 0 Å². The molecule has 2 aromatic carbocycles. The maximum Gasteiger partial charge on any atom is 0.298 e. The Kier molecular flexibility index (Phi) is 3.18. The fraction of sp³-hybridized carbons (Fsp3) is 0. The molecule has 0 saturated heterocycles. The van der Waals surface area contributed by atoms with Gasteiger partial charge >= 0.3 is 0 Å². The Hall–Kier alpha value is -1.63. The number of phenolic OH excluding ortho intramolecular Hbond substituents is 1. The molecule has 0 aliphatic carbocycles. The third kappa shape index (κ3) is 2.13. The average molecular weight is 241 g/mol. The number of phenols is 1. The zero-order chi connectivity index (χ0) is 11.1. The highest BCUT2D eigenvalue weighted by Crippen LogP contribution is 2.28. The normalized spacial score (nSPS) is 11.1. The lowest BCUT2D eigenvalue weighted by Gasteiger charge is -2.03. The molecular weight excluding hydrogens is 230 g/mol. The molecule has 2 rings (SSSR count). The molecule has 0 heterocycles. The first kappa shape index (κ1) is 12.4. The number of aromatic hydroxyl groups is 1. The molecule has 5 N–H and O–H groups in total. The molecule has 86 valence electrons. The minimum atomic E-state index is -4.37. The van der Waals surface area contributed by atoms with Crippen molar-refractivity contribution < 1.29 is 18.1 Å².